The first-order valence-corrected chi connectivity index (χ1v) is 6.56. The Morgan fingerprint density at radius 1 is 1.45 bits per heavy atom. The van der Waals surface area contributed by atoms with E-state index >= 15 is 0 Å². The average molecular weight is 301 g/mol. The Labute approximate surface area is 121 Å². The van der Waals surface area contributed by atoms with Gasteiger partial charge < -0.3 is 25.8 Å². The number of hydrogen-bond acceptors (Lipinski definition) is 7. The predicted octanol–water partition coefficient (Wildman–Crippen LogP) is -0.0234. The first-order valence-electron chi connectivity index (χ1n) is 6.15. The highest BCUT2D eigenvalue weighted by Gasteiger charge is 2.67. The van der Waals surface area contributed by atoms with Crippen LogP contribution in [-0.2, 0) is 4.74 Å². The van der Waals surface area contributed by atoms with Crippen molar-refractivity contribution >= 4 is 18.0 Å². The fourth-order valence-corrected chi connectivity index (χ4v) is 2.64. The highest BCUT2D eigenvalue weighted by molar-refractivity contribution is 7.71. The SMILES string of the molecule is CC1(O)[C@@](C)(CO)O[C@@H](n2ccc(N)nc2=S)[C@@]1(C)O. The normalized spacial score (nSPS) is 41.0. The second-order valence-corrected chi connectivity index (χ2v) is 5.99. The molecule has 1 fully saturated rings. The Balaban J connectivity index is 2.56. The van der Waals surface area contributed by atoms with Crippen molar-refractivity contribution in [2.45, 2.75) is 43.8 Å². The maximum Gasteiger partial charge on any atom is 0.203 e. The molecule has 20 heavy (non-hydrogen) atoms. The third kappa shape index (κ3) is 1.87. The molecule has 8 heteroatoms. The van der Waals surface area contributed by atoms with Crippen molar-refractivity contribution in [3.63, 3.8) is 0 Å². The summed E-state index contributed by atoms with van der Waals surface area (Å²) >= 11 is 5.10. The van der Waals surface area contributed by atoms with Crippen molar-refractivity contribution in [3.8, 4) is 0 Å². The summed E-state index contributed by atoms with van der Waals surface area (Å²) in [4.78, 5) is 3.93. The summed E-state index contributed by atoms with van der Waals surface area (Å²) in [6.45, 7) is 3.91. The topological polar surface area (TPSA) is 114 Å². The lowest BCUT2D eigenvalue weighted by molar-refractivity contribution is -0.162. The zero-order chi connectivity index (χ0) is 15.3. The Kier molecular flexibility index (Phi) is 3.43. The summed E-state index contributed by atoms with van der Waals surface area (Å²) in [5.74, 6) is 0.251. The van der Waals surface area contributed by atoms with Crippen LogP contribution in [0.5, 0.6) is 0 Å². The van der Waals surface area contributed by atoms with E-state index in [4.69, 9.17) is 22.7 Å². The van der Waals surface area contributed by atoms with Gasteiger partial charge in [-0.15, -0.1) is 0 Å². The molecule has 0 bridgehead atoms. The molecule has 0 aliphatic carbocycles. The Morgan fingerprint density at radius 3 is 2.50 bits per heavy atom. The number of ether oxygens (including phenoxy) is 1. The van der Waals surface area contributed by atoms with Gasteiger partial charge in [-0.25, -0.2) is 4.98 Å². The lowest BCUT2D eigenvalue weighted by atomic mass is 9.76. The number of hydrogen-bond donors (Lipinski definition) is 4. The van der Waals surface area contributed by atoms with Crippen molar-refractivity contribution in [2.75, 3.05) is 12.3 Å². The van der Waals surface area contributed by atoms with Crippen LogP contribution in [0.25, 0.3) is 0 Å². The number of nitrogen functional groups attached to an aromatic ring is 1. The fraction of sp³-hybridized carbons (Fsp3) is 0.667. The molecule has 0 radical (unpaired) electrons. The van der Waals surface area contributed by atoms with Crippen LogP contribution < -0.4 is 5.73 Å². The quantitative estimate of drug-likeness (QED) is 0.567. The van der Waals surface area contributed by atoms with Crippen molar-refractivity contribution < 1.29 is 20.1 Å². The second kappa shape index (κ2) is 4.47. The standard InChI is InChI=1S/C12H19N3O4S/c1-10(6-16)12(3,18)11(2,17)8(19-10)15-5-4-7(13)14-9(15)20/h4-5,8,16-18H,6H2,1-3H3,(H2,13,14,20)/t8-,10-,11-,12?/m1/s1. The molecule has 0 spiro atoms. The molecule has 4 atom stereocenters. The van der Waals surface area contributed by atoms with Gasteiger partial charge in [0.15, 0.2) is 6.23 Å². The molecule has 0 amide bonds. The van der Waals surface area contributed by atoms with Gasteiger partial charge in [0.1, 0.15) is 22.6 Å². The van der Waals surface area contributed by atoms with Crippen LogP contribution >= 0.6 is 12.2 Å². The third-order valence-electron chi connectivity index (χ3n) is 4.27. The minimum Gasteiger partial charge on any atom is -0.393 e. The molecule has 0 aromatic carbocycles. The summed E-state index contributed by atoms with van der Waals surface area (Å²) in [5, 5.41) is 30.8. The first-order chi connectivity index (χ1) is 9.07. The zero-order valence-corrected chi connectivity index (χ0v) is 12.4. The molecule has 1 aromatic heterocycles. The number of aromatic nitrogens is 2. The van der Waals surface area contributed by atoms with Crippen LogP contribution in [0.1, 0.15) is 27.0 Å². The maximum absolute atomic E-state index is 10.7. The van der Waals surface area contributed by atoms with E-state index in [1.807, 2.05) is 0 Å². The number of nitrogens with zero attached hydrogens (tertiary/aromatic N) is 2. The molecule has 112 valence electrons. The molecule has 0 saturated carbocycles. The summed E-state index contributed by atoms with van der Waals surface area (Å²) in [6, 6.07) is 1.51. The number of nitrogens with two attached hydrogens (primary N) is 1. The Morgan fingerprint density at radius 2 is 2.05 bits per heavy atom. The fourth-order valence-electron chi connectivity index (χ4n) is 2.37. The molecule has 2 rings (SSSR count). The minimum absolute atomic E-state index is 0.119. The van der Waals surface area contributed by atoms with E-state index in [1.165, 1.54) is 37.6 Å². The van der Waals surface area contributed by atoms with Crippen molar-refractivity contribution in [1.82, 2.24) is 9.55 Å². The van der Waals surface area contributed by atoms with Gasteiger partial charge >= 0.3 is 0 Å². The van der Waals surface area contributed by atoms with Crippen LogP contribution in [0, 0.1) is 4.77 Å². The lowest BCUT2D eigenvalue weighted by Gasteiger charge is -2.39. The number of aliphatic hydroxyl groups is 3. The van der Waals surface area contributed by atoms with Gasteiger partial charge in [-0.3, -0.25) is 4.57 Å². The van der Waals surface area contributed by atoms with Crippen molar-refractivity contribution in [3.05, 3.63) is 17.0 Å². The highest BCUT2D eigenvalue weighted by atomic mass is 32.1. The average Bonchev–Trinajstić information content (AvgIpc) is 2.48. The van der Waals surface area contributed by atoms with Gasteiger partial charge in [0.25, 0.3) is 0 Å². The van der Waals surface area contributed by atoms with Crippen molar-refractivity contribution in [1.29, 1.82) is 0 Å². The second-order valence-electron chi connectivity index (χ2n) is 5.62. The highest BCUT2D eigenvalue weighted by Crippen LogP contribution is 2.50. The molecule has 7 nitrogen and oxygen atoms in total. The molecule has 1 unspecified atom stereocenters. The van der Waals surface area contributed by atoms with E-state index in [1.54, 1.807) is 0 Å². The molecule has 5 N–H and O–H groups in total. The van der Waals surface area contributed by atoms with Crippen molar-refractivity contribution in [2.24, 2.45) is 0 Å². The van der Waals surface area contributed by atoms with Crippen LogP contribution in [0.3, 0.4) is 0 Å². The van der Waals surface area contributed by atoms with E-state index in [9.17, 15) is 15.3 Å². The molecule has 2 heterocycles. The van der Waals surface area contributed by atoms with E-state index in [0.29, 0.717) is 0 Å². The smallest absolute Gasteiger partial charge is 0.203 e. The number of aliphatic hydroxyl groups excluding tert-OH is 1. The van der Waals surface area contributed by atoms with Gasteiger partial charge in [-0.05, 0) is 39.1 Å². The summed E-state index contributed by atoms with van der Waals surface area (Å²) in [5.41, 5.74) is 0.842. The van der Waals surface area contributed by atoms with Gasteiger partial charge in [-0.2, -0.15) is 0 Å². The third-order valence-corrected chi connectivity index (χ3v) is 4.58. The number of rotatable bonds is 2. The zero-order valence-electron chi connectivity index (χ0n) is 11.6. The van der Waals surface area contributed by atoms with Gasteiger partial charge in [0, 0.05) is 6.20 Å². The summed E-state index contributed by atoms with van der Waals surface area (Å²) in [7, 11) is 0. The lowest BCUT2D eigenvalue weighted by Crippen LogP contribution is -2.60. The predicted molar refractivity (Wildman–Crippen MR) is 74.3 cm³/mol. The maximum atomic E-state index is 10.7. The van der Waals surface area contributed by atoms with E-state index in [0.717, 1.165) is 0 Å². The molecule has 1 aromatic rings. The van der Waals surface area contributed by atoms with E-state index in [-0.39, 0.29) is 10.6 Å². The largest absolute Gasteiger partial charge is 0.393 e. The molecule has 1 aliphatic rings. The van der Waals surface area contributed by atoms with Crippen LogP contribution in [0.2, 0.25) is 0 Å². The first kappa shape index (κ1) is 15.3. The number of anilines is 1. The van der Waals surface area contributed by atoms with E-state index < -0.39 is 29.6 Å². The van der Waals surface area contributed by atoms with Gasteiger partial charge in [0.05, 0.1) is 6.61 Å². The monoisotopic (exact) mass is 301 g/mol. The van der Waals surface area contributed by atoms with Gasteiger partial charge in [0.2, 0.25) is 4.77 Å². The van der Waals surface area contributed by atoms with Crippen LogP contribution in [-0.4, -0.2) is 48.3 Å². The van der Waals surface area contributed by atoms with Gasteiger partial charge in [-0.1, -0.05) is 0 Å². The van der Waals surface area contributed by atoms with Crippen LogP contribution in [0.15, 0.2) is 12.3 Å². The summed E-state index contributed by atoms with van der Waals surface area (Å²) in [6.07, 6.45) is 0.540. The molecular formula is C12H19N3O4S. The minimum atomic E-state index is -1.68. The van der Waals surface area contributed by atoms with Crippen LogP contribution in [0.4, 0.5) is 5.82 Å². The molecule has 1 aliphatic heterocycles. The molecular weight excluding hydrogens is 282 g/mol. The Hall–Kier alpha value is -1.06. The summed E-state index contributed by atoms with van der Waals surface area (Å²) < 4.78 is 7.22. The Bertz CT molecular complexity index is 586. The van der Waals surface area contributed by atoms with E-state index in [2.05, 4.69) is 4.98 Å². The molecule has 1 saturated heterocycles.